The molecule has 0 saturated heterocycles. The first-order valence-electron chi connectivity index (χ1n) is 6.13. The van der Waals surface area contributed by atoms with Crippen LogP contribution in [0.1, 0.15) is 17.2 Å². The number of methoxy groups -OCH3 is 1. The summed E-state index contributed by atoms with van der Waals surface area (Å²) in [6.07, 6.45) is -0.851. The molecule has 1 unspecified atom stereocenters. The predicted octanol–water partition coefficient (Wildman–Crippen LogP) is 2.21. The molecule has 0 aliphatic heterocycles. The fraction of sp³-hybridized carbons (Fsp3) is 0.133. The van der Waals surface area contributed by atoms with Gasteiger partial charge in [-0.3, -0.25) is 4.98 Å². The van der Waals surface area contributed by atoms with Crippen LogP contribution in [0.4, 0.5) is 0 Å². The molecule has 0 fully saturated rings. The quantitative estimate of drug-likeness (QED) is 0.765. The van der Waals surface area contributed by atoms with Gasteiger partial charge in [-0.05, 0) is 23.8 Å². The minimum absolute atomic E-state index is 0.418. The highest BCUT2D eigenvalue weighted by atomic mass is 16.5. The molecule has 0 amide bonds. The van der Waals surface area contributed by atoms with Gasteiger partial charge in [0.15, 0.2) is 5.58 Å². The molecule has 0 radical (unpaired) electrons. The summed E-state index contributed by atoms with van der Waals surface area (Å²) in [6.45, 7) is 0. The van der Waals surface area contributed by atoms with E-state index >= 15 is 0 Å². The zero-order valence-corrected chi connectivity index (χ0v) is 10.8. The van der Waals surface area contributed by atoms with Gasteiger partial charge >= 0.3 is 5.76 Å². The fourth-order valence-corrected chi connectivity index (χ4v) is 2.20. The summed E-state index contributed by atoms with van der Waals surface area (Å²) < 4.78 is 10.2. The van der Waals surface area contributed by atoms with E-state index in [1.165, 1.54) is 0 Å². The lowest BCUT2D eigenvalue weighted by Crippen LogP contribution is -2.02. The lowest BCUT2D eigenvalue weighted by Gasteiger charge is -2.14. The highest BCUT2D eigenvalue weighted by molar-refractivity contribution is 5.73. The second-order valence-corrected chi connectivity index (χ2v) is 4.41. The first-order valence-corrected chi connectivity index (χ1v) is 6.13. The smallest absolute Gasteiger partial charge is 0.417 e. The molecule has 1 heterocycles. The molecule has 1 atom stereocenters. The van der Waals surface area contributed by atoms with Crippen LogP contribution in [0, 0.1) is 0 Å². The van der Waals surface area contributed by atoms with Crippen molar-refractivity contribution in [2.45, 2.75) is 6.10 Å². The average Bonchev–Trinajstić information content (AvgIpc) is 2.85. The molecule has 3 aromatic rings. The zero-order valence-electron chi connectivity index (χ0n) is 10.8. The van der Waals surface area contributed by atoms with Gasteiger partial charge in [0.2, 0.25) is 0 Å². The van der Waals surface area contributed by atoms with Crippen molar-refractivity contribution in [2.75, 3.05) is 7.11 Å². The molecule has 0 spiro atoms. The van der Waals surface area contributed by atoms with Crippen molar-refractivity contribution in [3.63, 3.8) is 0 Å². The molecular formula is C15H13NO4. The molecule has 5 nitrogen and oxygen atoms in total. The van der Waals surface area contributed by atoms with Crippen molar-refractivity contribution in [1.82, 2.24) is 4.98 Å². The molecule has 2 N–H and O–H groups in total. The predicted molar refractivity (Wildman–Crippen MR) is 73.9 cm³/mol. The van der Waals surface area contributed by atoms with E-state index in [-0.39, 0.29) is 0 Å². The molecule has 3 rings (SSSR count). The number of oxazole rings is 1. The van der Waals surface area contributed by atoms with Gasteiger partial charge in [-0.2, -0.15) is 0 Å². The molecule has 5 heteroatoms. The number of benzene rings is 2. The fourth-order valence-electron chi connectivity index (χ4n) is 2.20. The van der Waals surface area contributed by atoms with Crippen molar-refractivity contribution in [3.8, 4) is 5.75 Å². The third-order valence-corrected chi connectivity index (χ3v) is 3.19. The lowest BCUT2D eigenvalue weighted by molar-refractivity contribution is 0.215. The lowest BCUT2D eigenvalue weighted by atomic mass is 10.0. The van der Waals surface area contributed by atoms with Crippen LogP contribution < -0.4 is 10.5 Å². The summed E-state index contributed by atoms with van der Waals surface area (Å²) >= 11 is 0. The topological polar surface area (TPSA) is 75.5 Å². The van der Waals surface area contributed by atoms with Gasteiger partial charge in [-0.25, -0.2) is 4.79 Å². The average molecular weight is 271 g/mol. The Kier molecular flexibility index (Phi) is 3.04. The summed E-state index contributed by atoms with van der Waals surface area (Å²) in [5, 5.41) is 10.5. The third-order valence-electron chi connectivity index (χ3n) is 3.19. The summed E-state index contributed by atoms with van der Waals surface area (Å²) in [5.41, 5.74) is 2.31. The number of para-hydroxylation sites is 1. The Morgan fingerprint density at radius 2 is 2.05 bits per heavy atom. The highest BCUT2D eigenvalue weighted by Crippen LogP contribution is 2.30. The Bertz CT molecular complexity index is 803. The third kappa shape index (κ3) is 2.08. The standard InChI is InChI=1S/C15H13NO4/c1-19-12-5-3-2-4-10(12)14(17)9-6-7-11-13(8-9)20-15(18)16-11/h2-8,14,17H,1H3,(H,16,18). The van der Waals surface area contributed by atoms with Crippen molar-refractivity contribution >= 4 is 11.1 Å². The van der Waals surface area contributed by atoms with Gasteiger partial charge in [0.05, 0.1) is 12.6 Å². The molecule has 2 aromatic carbocycles. The van der Waals surface area contributed by atoms with E-state index in [0.29, 0.717) is 28.0 Å². The van der Waals surface area contributed by atoms with E-state index in [9.17, 15) is 9.90 Å². The van der Waals surface area contributed by atoms with E-state index in [1.54, 1.807) is 37.4 Å². The second-order valence-electron chi connectivity index (χ2n) is 4.41. The Morgan fingerprint density at radius 1 is 1.25 bits per heavy atom. The van der Waals surface area contributed by atoms with Crippen LogP contribution in [0.2, 0.25) is 0 Å². The number of aliphatic hydroxyl groups is 1. The molecule has 0 saturated carbocycles. The maximum Gasteiger partial charge on any atom is 0.417 e. The SMILES string of the molecule is COc1ccccc1C(O)c1ccc2[nH]c(=O)oc2c1. The monoisotopic (exact) mass is 271 g/mol. The van der Waals surface area contributed by atoms with Crippen molar-refractivity contribution in [1.29, 1.82) is 0 Å². The summed E-state index contributed by atoms with van der Waals surface area (Å²) in [4.78, 5) is 13.7. The van der Waals surface area contributed by atoms with E-state index in [0.717, 1.165) is 0 Å². The number of hydrogen-bond acceptors (Lipinski definition) is 4. The van der Waals surface area contributed by atoms with Crippen LogP contribution in [-0.2, 0) is 0 Å². The van der Waals surface area contributed by atoms with Crippen LogP contribution in [0.3, 0.4) is 0 Å². The van der Waals surface area contributed by atoms with Gasteiger partial charge < -0.3 is 14.3 Å². The maximum atomic E-state index is 11.1. The van der Waals surface area contributed by atoms with Gasteiger partial charge in [-0.1, -0.05) is 24.3 Å². The van der Waals surface area contributed by atoms with Crippen LogP contribution in [0.5, 0.6) is 5.75 Å². The van der Waals surface area contributed by atoms with Gasteiger partial charge in [0, 0.05) is 5.56 Å². The Labute approximate surface area is 114 Å². The zero-order chi connectivity index (χ0) is 14.1. The molecule has 0 aliphatic carbocycles. The van der Waals surface area contributed by atoms with Gasteiger partial charge in [-0.15, -0.1) is 0 Å². The van der Waals surface area contributed by atoms with Crippen LogP contribution in [0.25, 0.3) is 11.1 Å². The first-order chi connectivity index (χ1) is 9.69. The number of aliphatic hydroxyl groups excluding tert-OH is 1. The number of fused-ring (bicyclic) bond motifs is 1. The van der Waals surface area contributed by atoms with Gasteiger partial charge in [0.1, 0.15) is 11.9 Å². The normalized spacial score (nSPS) is 12.5. The maximum absolute atomic E-state index is 11.1. The second kappa shape index (κ2) is 4.86. The Morgan fingerprint density at radius 3 is 2.85 bits per heavy atom. The highest BCUT2D eigenvalue weighted by Gasteiger charge is 2.16. The van der Waals surface area contributed by atoms with Gasteiger partial charge in [0.25, 0.3) is 0 Å². The number of aromatic amines is 1. The molecular weight excluding hydrogens is 258 g/mol. The number of hydrogen-bond donors (Lipinski definition) is 2. The van der Waals surface area contributed by atoms with Crippen molar-refractivity contribution in [3.05, 3.63) is 64.1 Å². The van der Waals surface area contributed by atoms with E-state index in [4.69, 9.17) is 9.15 Å². The molecule has 102 valence electrons. The molecule has 0 aliphatic rings. The molecule has 0 bridgehead atoms. The minimum Gasteiger partial charge on any atom is -0.496 e. The van der Waals surface area contributed by atoms with Crippen LogP contribution in [0.15, 0.2) is 51.7 Å². The Hall–Kier alpha value is -2.53. The number of rotatable bonds is 3. The molecule has 20 heavy (non-hydrogen) atoms. The Balaban J connectivity index is 2.07. The van der Waals surface area contributed by atoms with E-state index in [1.807, 2.05) is 12.1 Å². The number of H-pyrrole nitrogens is 1. The number of nitrogens with one attached hydrogen (secondary N) is 1. The van der Waals surface area contributed by atoms with Crippen LogP contribution in [-0.4, -0.2) is 17.2 Å². The summed E-state index contributed by atoms with van der Waals surface area (Å²) in [6, 6.07) is 12.3. The molecule has 1 aromatic heterocycles. The first kappa shape index (κ1) is 12.5. The van der Waals surface area contributed by atoms with E-state index in [2.05, 4.69) is 4.98 Å². The number of aromatic nitrogens is 1. The van der Waals surface area contributed by atoms with E-state index < -0.39 is 11.9 Å². The minimum atomic E-state index is -0.851. The summed E-state index contributed by atoms with van der Waals surface area (Å²) in [7, 11) is 1.56. The van der Waals surface area contributed by atoms with Crippen molar-refractivity contribution in [2.24, 2.45) is 0 Å². The largest absolute Gasteiger partial charge is 0.496 e. The van der Waals surface area contributed by atoms with Crippen molar-refractivity contribution < 1.29 is 14.3 Å². The summed E-state index contributed by atoms with van der Waals surface area (Å²) in [5.74, 6) is 0.0968. The number of ether oxygens (including phenoxy) is 1. The van der Waals surface area contributed by atoms with Crippen LogP contribution >= 0.6 is 0 Å².